The molecule has 0 atom stereocenters. The van der Waals surface area contributed by atoms with E-state index in [-0.39, 0.29) is 5.91 Å². The third kappa shape index (κ3) is 3.73. The minimum absolute atomic E-state index is 0.165. The van der Waals surface area contributed by atoms with Crippen LogP contribution in [0.5, 0.6) is 0 Å². The smallest absolute Gasteiger partial charge is 0.256 e. The molecule has 5 heteroatoms. The lowest BCUT2D eigenvalue weighted by atomic mass is 10.0. The first kappa shape index (κ1) is 17.4. The van der Waals surface area contributed by atoms with Crippen LogP contribution in [0.25, 0.3) is 22.2 Å². The first-order chi connectivity index (χ1) is 13.1. The summed E-state index contributed by atoms with van der Waals surface area (Å²) < 4.78 is 0.926. The molecule has 0 fully saturated rings. The molecular formula is C22H16BrN3O. The van der Waals surface area contributed by atoms with Crippen LogP contribution in [0.15, 0.2) is 77.5 Å². The van der Waals surface area contributed by atoms with Gasteiger partial charge in [0.1, 0.15) is 0 Å². The molecule has 2 aromatic heterocycles. The van der Waals surface area contributed by atoms with E-state index in [0.717, 1.165) is 37.9 Å². The van der Waals surface area contributed by atoms with Crippen molar-refractivity contribution in [2.45, 2.75) is 6.92 Å². The number of fused-ring (bicyclic) bond motifs is 1. The largest absolute Gasteiger partial charge is 0.322 e. The molecule has 2 heterocycles. The fraction of sp³-hybridized carbons (Fsp3) is 0.0455. The number of nitrogens with one attached hydrogen (secondary N) is 1. The molecule has 4 aromatic rings. The van der Waals surface area contributed by atoms with Crippen LogP contribution >= 0.6 is 15.9 Å². The molecule has 0 radical (unpaired) electrons. The predicted octanol–water partition coefficient (Wildman–Crippen LogP) is 5.62. The number of aromatic nitrogens is 2. The summed E-state index contributed by atoms with van der Waals surface area (Å²) in [6.45, 7) is 1.99. The number of amides is 1. The number of anilines is 1. The molecule has 2 aromatic carbocycles. The minimum atomic E-state index is -0.165. The molecule has 4 rings (SSSR count). The van der Waals surface area contributed by atoms with Crippen LogP contribution in [0.1, 0.15) is 15.9 Å². The maximum Gasteiger partial charge on any atom is 0.256 e. The van der Waals surface area contributed by atoms with Gasteiger partial charge in [0.25, 0.3) is 5.91 Å². The number of hydrogen-bond donors (Lipinski definition) is 1. The Bertz CT molecular complexity index is 1120. The topological polar surface area (TPSA) is 54.9 Å². The monoisotopic (exact) mass is 417 g/mol. The van der Waals surface area contributed by atoms with Crippen LogP contribution in [0.2, 0.25) is 0 Å². The van der Waals surface area contributed by atoms with Gasteiger partial charge in [-0.15, -0.1) is 0 Å². The van der Waals surface area contributed by atoms with Crippen LogP contribution in [0, 0.1) is 6.92 Å². The lowest BCUT2D eigenvalue weighted by Gasteiger charge is -2.11. The van der Waals surface area contributed by atoms with E-state index < -0.39 is 0 Å². The Balaban J connectivity index is 1.81. The highest BCUT2D eigenvalue weighted by molar-refractivity contribution is 9.10. The lowest BCUT2D eigenvalue weighted by molar-refractivity contribution is 0.102. The molecule has 0 aliphatic heterocycles. The van der Waals surface area contributed by atoms with E-state index in [0.29, 0.717) is 5.56 Å². The maximum atomic E-state index is 13.1. The summed E-state index contributed by atoms with van der Waals surface area (Å²) in [5.74, 6) is -0.165. The van der Waals surface area contributed by atoms with Crippen LogP contribution < -0.4 is 5.32 Å². The maximum absolute atomic E-state index is 13.1. The van der Waals surface area contributed by atoms with Gasteiger partial charge in [0.15, 0.2) is 0 Å². The second-order valence-corrected chi connectivity index (χ2v) is 7.20. The van der Waals surface area contributed by atoms with E-state index >= 15 is 0 Å². The van der Waals surface area contributed by atoms with Gasteiger partial charge in [0, 0.05) is 33.5 Å². The van der Waals surface area contributed by atoms with E-state index in [2.05, 4.69) is 26.2 Å². The fourth-order valence-corrected chi connectivity index (χ4v) is 3.65. The zero-order chi connectivity index (χ0) is 18.8. The Hall–Kier alpha value is -3.05. The van der Waals surface area contributed by atoms with E-state index in [1.807, 2.05) is 67.6 Å². The summed E-state index contributed by atoms with van der Waals surface area (Å²) in [5, 5.41) is 3.82. The molecule has 0 unspecified atom stereocenters. The normalized spacial score (nSPS) is 10.7. The molecule has 0 aliphatic carbocycles. The lowest BCUT2D eigenvalue weighted by Crippen LogP contribution is -2.13. The summed E-state index contributed by atoms with van der Waals surface area (Å²) in [5.41, 5.74) is 4.84. The number of pyridine rings is 2. The number of rotatable bonds is 3. The van der Waals surface area contributed by atoms with Gasteiger partial charge in [-0.25, -0.2) is 4.98 Å². The number of halogens is 1. The highest BCUT2D eigenvalue weighted by Crippen LogP contribution is 2.26. The number of benzene rings is 2. The summed E-state index contributed by atoms with van der Waals surface area (Å²) in [6, 6.07) is 19.1. The van der Waals surface area contributed by atoms with Crippen LogP contribution in [0.3, 0.4) is 0 Å². The van der Waals surface area contributed by atoms with Gasteiger partial charge >= 0.3 is 0 Å². The van der Waals surface area contributed by atoms with Gasteiger partial charge < -0.3 is 5.32 Å². The van der Waals surface area contributed by atoms with Gasteiger partial charge in [-0.3, -0.25) is 9.78 Å². The fourth-order valence-electron chi connectivity index (χ4n) is 3.04. The molecule has 4 nitrogen and oxygen atoms in total. The number of hydrogen-bond acceptors (Lipinski definition) is 3. The number of para-hydroxylation sites is 1. The van der Waals surface area contributed by atoms with Crippen molar-refractivity contribution in [2.24, 2.45) is 0 Å². The van der Waals surface area contributed by atoms with Crippen LogP contribution in [0.4, 0.5) is 5.69 Å². The van der Waals surface area contributed by atoms with Crippen molar-refractivity contribution in [3.63, 3.8) is 0 Å². The van der Waals surface area contributed by atoms with E-state index in [1.165, 1.54) is 0 Å². The Labute approximate surface area is 165 Å². The SMILES string of the molecule is Cc1cc(Br)cc(NC(=O)c2cc(-c3ccncc3)nc3ccccc23)c1. The summed E-state index contributed by atoms with van der Waals surface area (Å²) in [4.78, 5) is 21.8. The number of aryl methyl sites for hydroxylation is 1. The molecule has 27 heavy (non-hydrogen) atoms. The molecule has 0 aliphatic rings. The van der Waals surface area contributed by atoms with Crippen molar-refractivity contribution in [1.82, 2.24) is 9.97 Å². The molecular weight excluding hydrogens is 402 g/mol. The number of carbonyl (C=O) groups excluding carboxylic acids is 1. The minimum Gasteiger partial charge on any atom is -0.322 e. The second-order valence-electron chi connectivity index (χ2n) is 6.28. The average Bonchev–Trinajstić information content (AvgIpc) is 2.67. The molecule has 0 bridgehead atoms. The second kappa shape index (κ2) is 7.29. The van der Waals surface area contributed by atoms with Crippen LogP contribution in [-0.2, 0) is 0 Å². The first-order valence-corrected chi connectivity index (χ1v) is 9.28. The summed E-state index contributed by atoms with van der Waals surface area (Å²) in [6.07, 6.45) is 3.44. The van der Waals surface area contributed by atoms with Crippen molar-refractivity contribution in [3.05, 3.63) is 88.7 Å². The molecule has 1 N–H and O–H groups in total. The van der Waals surface area contributed by atoms with Gasteiger partial charge in [-0.1, -0.05) is 34.1 Å². The molecule has 0 saturated carbocycles. The Morgan fingerprint density at radius 3 is 2.56 bits per heavy atom. The van der Waals surface area contributed by atoms with E-state index in [9.17, 15) is 4.79 Å². The van der Waals surface area contributed by atoms with Crippen molar-refractivity contribution in [2.75, 3.05) is 5.32 Å². The first-order valence-electron chi connectivity index (χ1n) is 8.49. The van der Waals surface area contributed by atoms with Crippen LogP contribution in [-0.4, -0.2) is 15.9 Å². The van der Waals surface area contributed by atoms with E-state index in [4.69, 9.17) is 4.98 Å². The summed E-state index contributed by atoms with van der Waals surface area (Å²) >= 11 is 3.47. The predicted molar refractivity (Wildman–Crippen MR) is 112 cm³/mol. The molecule has 0 spiro atoms. The zero-order valence-electron chi connectivity index (χ0n) is 14.6. The Morgan fingerprint density at radius 1 is 1.00 bits per heavy atom. The molecule has 1 amide bonds. The molecule has 132 valence electrons. The number of nitrogens with zero attached hydrogens (tertiary/aromatic N) is 2. The van der Waals surface area contributed by atoms with Crippen molar-refractivity contribution < 1.29 is 4.79 Å². The van der Waals surface area contributed by atoms with Crippen molar-refractivity contribution in [3.8, 4) is 11.3 Å². The van der Waals surface area contributed by atoms with Gasteiger partial charge in [0.2, 0.25) is 0 Å². The quantitative estimate of drug-likeness (QED) is 0.470. The Kier molecular flexibility index (Phi) is 4.69. The Morgan fingerprint density at radius 2 is 1.78 bits per heavy atom. The van der Waals surface area contributed by atoms with Gasteiger partial charge in [-0.2, -0.15) is 0 Å². The summed E-state index contributed by atoms with van der Waals surface area (Å²) in [7, 11) is 0. The third-order valence-electron chi connectivity index (χ3n) is 4.24. The third-order valence-corrected chi connectivity index (χ3v) is 4.69. The highest BCUT2D eigenvalue weighted by atomic mass is 79.9. The molecule has 0 saturated heterocycles. The highest BCUT2D eigenvalue weighted by Gasteiger charge is 2.14. The average molecular weight is 418 g/mol. The zero-order valence-corrected chi connectivity index (χ0v) is 16.2. The van der Waals surface area contributed by atoms with Gasteiger partial charge in [-0.05, 0) is 55.0 Å². The number of carbonyl (C=O) groups is 1. The standard InChI is InChI=1S/C22H16BrN3O/c1-14-10-16(23)12-17(11-14)25-22(27)19-13-21(15-6-8-24-9-7-15)26-20-5-3-2-4-18(19)20/h2-13H,1H3,(H,25,27). The van der Waals surface area contributed by atoms with Crippen molar-refractivity contribution in [1.29, 1.82) is 0 Å². The van der Waals surface area contributed by atoms with Gasteiger partial charge in [0.05, 0.1) is 16.8 Å². The van der Waals surface area contributed by atoms with Crippen molar-refractivity contribution >= 4 is 38.4 Å². The van der Waals surface area contributed by atoms with E-state index in [1.54, 1.807) is 12.4 Å².